The maximum absolute atomic E-state index is 13.3. The first-order chi connectivity index (χ1) is 17.1. The molecule has 2 atom stereocenters. The third kappa shape index (κ3) is 5.53. The minimum absolute atomic E-state index is 0.0352. The molecule has 6 heteroatoms. The zero-order valence-corrected chi connectivity index (χ0v) is 22.3. The van der Waals surface area contributed by atoms with Crippen molar-refractivity contribution in [3.8, 4) is 5.69 Å². The molecular formula is C30H38N4O2. The van der Waals surface area contributed by atoms with Gasteiger partial charge in [0.1, 0.15) is 5.82 Å². The number of nitrogens with one attached hydrogen (secondary N) is 1. The Balaban J connectivity index is 1.53. The highest BCUT2D eigenvalue weighted by Gasteiger charge is 2.45. The molecule has 2 amide bonds. The number of rotatable bonds is 8. The number of aromatic nitrogens is 2. The largest absolute Gasteiger partial charge is 0.333 e. The molecule has 1 saturated carbocycles. The van der Waals surface area contributed by atoms with Crippen LogP contribution in [0.25, 0.3) is 5.69 Å². The summed E-state index contributed by atoms with van der Waals surface area (Å²) >= 11 is 0. The Morgan fingerprint density at radius 3 is 2.47 bits per heavy atom. The Morgan fingerprint density at radius 2 is 1.81 bits per heavy atom. The van der Waals surface area contributed by atoms with E-state index >= 15 is 0 Å². The molecule has 6 nitrogen and oxygen atoms in total. The first-order valence-electron chi connectivity index (χ1n) is 12.9. The molecule has 4 rings (SSSR count). The molecule has 0 spiro atoms. The predicted octanol–water partition coefficient (Wildman–Crippen LogP) is 5.77. The lowest BCUT2D eigenvalue weighted by Gasteiger charge is -2.22. The van der Waals surface area contributed by atoms with E-state index < -0.39 is 0 Å². The van der Waals surface area contributed by atoms with Crippen LogP contribution in [0.1, 0.15) is 68.8 Å². The summed E-state index contributed by atoms with van der Waals surface area (Å²) in [5, 5.41) is 7.92. The van der Waals surface area contributed by atoms with Crippen molar-refractivity contribution in [1.82, 2.24) is 14.7 Å². The Morgan fingerprint density at radius 1 is 1.08 bits per heavy atom. The summed E-state index contributed by atoms with van der Waals surface area (Å²) in [5.41, 5.74) is 5.12. The quantitative estimate of drug-likeness (QED) is 0.440. The third-order valence-corrected chi connectivity index (χ3v) is 7.02. The molecule has 1 aliphatic rings. The van der Waals surface area contributed by atoms with Crippen LogP contribution in [-0.2, 0) is 15.0 Å². The number of amides is 2. The zero-order valence-electron chi connectivity index (χ0n) is 22.3. The van der Waals surface area contributed by atoms with E-state index in [1.165, 1.54) is 5.56 Å². The van der Waals surface area contributed by atoms with Gasteiger partial charge in [0, 0.05) is 23.9 Å². The number of aryl methyl sites for hydroxylation is 1. The fourth-order valence-electron chi connectivity index (χ4n) is 4.65. The number of nitrogens with zero attached hydrogens (tertiary/aromatic N) is 3. The average molecular weight is 487 g/mol. The van der Waals surface area contributed by atoms with E-state index in [0.717, 1.165) is 35.3 Å². The van der Waals surface area contributed by atoms with Crippen molar-refractivity contribution in [2.45, 2.75) is 65.7 Å². The van der Waals surface area contributed by atoms with Crippen LogP contribution in [0.2, 0.25) is 0 Å². The zero-order chi connectivity index (χ0) is 26.0. The molecule has 2 aromatic carbocycles. The minimum atomic E-state index is -0.208. The van der Waals surface area contributed by atoms with Crippen LogP contribution in [0.5, 0.6) is 0 Å². The van der Waals surface area contributed by atoms with Gasteiger partial charge in [-0.1, -0.05) is 70.2 Å². The third-order valence-electron chi connectivity index (χ3n) is 7.02. The predicted molar refractivity (Wildman–Crippen MR) is 145 cm³/mol. The van der Waals surface area contributed by atoms with Crippen LogP contribution in [0.3, 0.4) is 0 Å². The van der Waals surface area contributed by atoms with E-state index in [2.05, 4.69) is 58.1 Å². The van der Waals surface area contributed by atoms with Gasteiger partial charge in [0.2, 0.25) is 11.8 Å². The molecule has 0 bridgehead atoms. The smallest absolute Gasteiger partial charge is 0.245 e. The number of hydrogen-bond acceptors (Lipinski definition) is 3. The fraction of sp³-hybridized carbons (Fsp3) is 0.433. The van der Waals surface area contributed by atoms with Crippen LogP contribution in [-0.4, -0.2) is 39.6 Å². The van der Waals surface area contributed by atoms with Gasteiger partial charge in [-0.2, -0.15) is 5.10 Å². The summed E-state index contributed by atoms with van der Waals surface area (Å²) in [6.07, 6.45) is 1.65. The van der Waals surface area contributed by atoms with Crippen LogP contribution < -0.4 is 5.32 Å². The Hall–Kier alpha value is -3.41. The molecule has 1 aliphatic carbocycles. The van der Waals surface area contributed by atoms with Gasteiger partial charge in [-0.25, -0.2) is 4.68 Å². The summed E-state index contributed by atoms with van der Waals surface area (Å²) < 4.78 is 1.82. The summed E-state index contributed by atoms with van der Waals surface area (Å²) in [6, 6.07) is 18.2. The molecule has 1 fully saturated rings. The van der Waals surface area contributed by atoms with E-state index in [1.807, 2.05) is 48.0 Å². The van der Waals surface area contributed by atoms with E-state index in [-0.39, 0.29) is 35.6 Å². The molecule has 1 heterocycles. The molecule has 0 saturated heterocycles. The van der Waals surface area contributed by atoms with E-state index in [1.54, 1.807) is 4.90 Å². The van der Waals surface area contributed by atoms with E-state index in [9.17, 15) is 9.59 Å². The van der Waals surface area contributed by atoms with E-state index in [4.69, 9.17) is 5.10 Å². The SMILES string of the molecule is CCCN(CC(=O)Nc1cc(C(C)(C)C)nn1-c1cccc(C)c1C)C(=O)C1CC1c1ccccc1. The maximum atomic E-state index is 13.3. The number of anilines is 1. The van der Waals surface area contributed by atoms with Crippen molar-refractivity contribution in [3.05, 3.63) is 77.0 Å². The van der Waals surface area contributed by atoms with Crippen molar-refractivity contribution >= 4 is 17.6 Å². The van der Waals surface area contributed by atoms with Crippen molar-refractivity contribution in [1.29, 1.82) is 0 Å². The fourth-order valence-corrected chi connectivity index (χ4v) is 4.65. The van der Waals surface area contributed by atoms with Crippen molar-refractivity contribution in [2.75, 3.05) is 18.4 Å². The second-order valence-corrected chi connectivity index (χ2v) is 11.0. The molecular weight excluding hydrogens is 448 g/mol. The first-order valence-corrected chi connectivity index (χ1v) is 12.9. The maximum Gasteiger partial charge on any atom is 0.245 e. The molecule has 3 aromatic rings. The molecule has 0 aliphatic heterocycles. The Labute approximate surface area is 214 Å². The number of hydrogen-bond donors (Lipinski definition) is 1. The normalized spacial score (nSPS) is 17.1. The van der Waals surface area contributed by atoms with Gasteiger partial charge in [-0.05, 0) is 55.4 Å². The van der Waals surface area contributed by atoms with Crippen LogP contribution in [0.15, 0.2) is 54.6 Å². The van der Waals surface area contributed by atoms with Gasteiger partial charge < -0.3 is 10.2 Å². The van der Waals surface area contributed by atoms with E-state index in [0.29, 0.717) is 12.4 Å². The minimum Gasteiger partial charge on any atom is -0.333 e. The summed E-state index contributed by atoms with van der Waals surface area (Å²) in [7, 11) is 0. The number of carbonyl (C=O) groups excluding carboxylic acids is 2. The molecule has 0 radical (unpaired) electrons. The van der Waals surface area contributed by atoms with Gasteiger partial charge in [-0.3, -0.25) is 9.59 Å². The Bertz CT molecular complexity index is 1240. The lowest BCUT2D eigenvalue weighted by molar-refractivity contribution is -0.136. The van der Waals surface area contributed by atoms with Gasteiger partial charge in [0.25, 0.3) is 0 Å². The van der Waals surface area contributed by atoms with Gasteiger partial charge in [0.15, 0.2) is 0 Å². The van der Waals surface area contributed by atoms with Gasteiger partial charge >= 0.3 is 0 Å². The average Bonchev–Trinajstić information content (AvgIpc) is 3.53. The second-order valence-electron chi connectivity index (χ2n) is 11.0. The lowest BCUT2D eigenvalue weighted by Crippen LogP contribution is -2.39. The van der Waals surface area contributed by atoms with Crippen LogP contribution in [0, 0.1) is 19.8 Å². The first kappa shape index (κ1) is 25.7. The lowest BCUT2D eigenvalue weighted by atomic mass is 9.92. The molecule has 36 heavy (non-hydrogen) atoms. The topological polar surface area (TPSA) is 67.2 Å². The van der Waals surface area contributed by atoms with Gasteiger partial charge in [0.05, 0.1) is 17.9 Å². The van der Waals surface area contributed by atoms with Crippen molar-refractivity contribution in [3.63, 3.8) is 0 Å². The second kappa shape index (κ2) is 10.3. The highest BCUT2D eigenvalue weighted by atomic mass is 16.2. The number of carbonyl (C=O) groups is 2. The summed E-state index contributed by atoms with van der Waals surface area (Å²) in [5.74, 6) is 0.692. The highest BCUT2D eigenvalue weighted by Crippen LogP contribution is 2.48. The molecule has 190 valence electrons. The highest BCUT2D eigenvalue weighted by molar-refractivity contribution is 5.95. The van der Waals surface area contributed by atoms with Crippen LogP contribution in [0.4, 0.5) is 5.82 Å². The molecule has 1 aromatic heterocycles. The monoisotopic (exact) mass is 486 g/mol. The summed E-state index contributed by atoms with van der Waals surface area (Å²) in [6.45, 7) is 13.1. The Kier molecular flexibility index (Phi) is 7.34. The van der Waals surface area contributed by atoms with Crippen molar-refractivity contribution < 1.29 is 9.59 Å². The summed E-state index contributed by atoms with van der Waals surface area (Å²) in [4.78, 5) is 28.3. The van der Waals surface area contributed by atoms with Crippen molar-refractivity contribution in [2.24, 2.45) is 5.92 Å². The van der Waals surface area contributed by atoms with Gasteiger partial charge in [-0.15, -0.1) is 0 Å². The van der Waals surface area contributed by atoms with Crippen LogP contribution >= 0.6 is 0 Å². The standard InChI is InChI=1S/C30H38N4O2/c1-7-16-33(29(36)24-17-23(24)22-13-9-8-10-14-22)19-28(35)31-27-18-26(30(4,5)6)32-34(27)25-15-11-12-20(2)21(25)3/h8-15,18,23-24H,7,16-17,19H2,1-6H3,(H,31,35). The number of benzene rings is 2. The molecule has 1 N–H and O–H groups in total. The molecule has 2 unspecified atom stereocenters.